The van der Waals surface area contributed by atoms with Gasteiger partial charge in [0.05, 0.1) is 31.3 Å². The number of benzene rings is 2. The summed E-state index contributed by atoms with van der Waals surface area (Å²) in [5.41, 5.74) is 0.627. The molecular weight excluding hydrogens is 415 g/mol. The molecule has 0 aromatic heterocycles. The largest absolute Gasteiger partial charge is 0.496 e. The Kier molecular flexibility index (Phi) is 8.52. The van der Waals surface area contributed by atoms with E-state index >= 15 is 0 Å². The summed E-state index contributed by atoms with van der Waals surface area (Å²) in [5.74, 6) is -0.577. The SMILES string of the molecule is CCOP(=O)(OCC)C(Nc1ccc(OC)cc1[N+](=O)[O-])c1ccc(SC)cc1. The van der Waals surface area contributed by atoms with E-state index in [9.17, 15) is 14.7 Å². The van der Waals surface area contributed by atoms with Crippen LogP contribution in [0.5, 0.6) is 5.75 Å². The van der Waals surface area contributed by atoms with Crippen molar-refractivity contribution in [1.29, 1.82) is 0 Å². The monoisotopic (exact) mass is 440 g/mol. The predicted molar refractivity (Wildman–Crippen MR) is 115 cm³/mol. The normalized spacial score (nSPS) is 12.4. The molecule has 0 spiro atoms. The molecule has 8 nitrogen and oxygen atoms in total. The molecule has 2 aromatic carbocycles. The average Bonchev–Trinajstić information content (AvgIpc) is 2.72. The van der Waals surface area contributed by atoms with Gasteiger partial charge in [-0.2, -0.15) is 0 Å². The number of rotatable bonds is 11. The zero-order chi connectivity index (χ0) is 21.4. The van der Waals surface area contributed by atoms with Gasteiger partial charge in [0.15, 0.2) is 5.78 Å². The smallest absolute Gasteiger partial charge is 0.357 e. The summed E-state index contributed by atoms with van der Waals surface area (Å²) in [6, 6.07) is 11.8. The van der Waals surface area contributed by atoms with E-state index in [-0.39, 0.29) is 24.6 Å². The number of anilines is 1. The molecule has 2 aromatic rings. The highest BCUT2D eigenvalue weighted by Gasteiger charge is 2.38. The second kappa shape index (κ2) is 10.6. The summed E-state index contributed by atoms with van der Waals surface area (Å²) < 4.78 is 29.7. The van der Waals surface area contributed by atoms with Gasteiger partial charge < -0.3 is 19.1 Å². The first kappa shape index (κ1) is 23.2. The number of ether oxygens (including phenoxy) is 1. The van der Waals surface area contributed by atoms with Gasteiger partial charge in [-0.05, 0) is 49.9 Å². The zero-order valence-corrected chi connectivity index (χ0v) is 18.5. The molecule has 29 heavy (non-hydrogen) atoms. The Morgan fingerprint density at radius 3 is 2.24 bits per heavy atom. The molecule has 0 heterocycles. The summed E-state index contributed by atoms with van der Waals surface area (Å²) in [6.45, 7) is 3.77. The fourth-order valence-corrected chi connectivity index (χ4v) is 5.07. The molecule has 0 bridgehead atoms. The van der Waals surface area contributed by atoms with Crippen molar-refractivity contribution in [3.8, 4) is 5.75 Å². The van der Waals surface area contributed by atoms with E-state index in [1.165, 1.54) is 19.2 Å². The van der Waals surface area contributed by atoms with Crippen LogP contribution in [0, 0.1) is 10.1 Å². The lowest BCUT2D eigenvalue weighted by molar-refractivity contribution is -0.384. The van der Waals surface area contributed by atoms with Crippen LogP contribution in [0.1, 0.15) is 25.2 Å². The lowest BCUT2D eigenvalue weighted by Crippen LogP contribution is -2.16. The quantitative estimate of drug-likeness (QED) is 0.205. The molecule has 0 fully saturated rings. The molecule has 2 rings (SSSR count). The number of thioether (sulfide) groups is 1. The van der Waals surface area contributed by atoms with E-state index in [4.69, 9.17) is 13.8 Å². The van der Waals surface area contributed by atoms with Gasteiger partial charge in [0.25, 0.3) is 5.69 Å². The van der Waals surface area contributed by atoms with Crippen LogP contribution in [0.2, 0.25) is 0 Å². The van der Waals surface area contributed by atoms with Crippen molar-refractivity contribution in [1.82, 2.24) is 0 Å². The van der Waals surface area contributed by atoms with Crippen LogP contribution in [-0.2, 0) is 13.6 Å². The van der Waals surface area contributed by atoms with Crippen molar-refractivity contribution in [3.05, 3.63) is 58.1 Å². The number of nitrogens with zero attached hydrogens (tertiary/aromatic N) is 1. The van der Waals surface area contributed by atoms with Crippen LogP contribution < -0.4 is 10.1 Å². The second-order valence-electron chi connectivity index (χ2n) is 5.84. The topological polar surface area (TPSA) is 99.9 Å². The lowest BCUT2D eigenvalue weighted by atomic mass is 10.2. The number of methoxy groups -OCH3 is 1. The maximum absolute atomic E-state index is 13.6. The molecule has 0 saturated carbocycles. The minimum atomic E-state index is -3.68. The van der Waals surface area contributed by atoms with Gasteiger partial charge in [-0.1, -0.05) is 12.1 Å². The van der Waals surface area contributed by atoms with Gasteiger partial charge in [-0.25, -0.2) is 0 Å². The first-order chi connectivity index (χ1) is 13.9. The van der Waals surface area contributed by atoms with Gasteiger partial charge >= 0.3 is 7.60 Å². The molecular formula is C19H25N2O6PS. The number of nitrogens with one attached hydrogen (secondary N) is 1. The molecule has 0 saturated heterocycles. The third kappa shape index (κ3) is 5.73. The van der Waals surface area contributed by atoms with E-state index in [0.29, 0.717) is 11.3 Å². The molecule has 0 aliphatic heterocycles. The van der Waals surface area contributed by atoms with Crippen LogP contribution in [-0.4, -0.2) is 31.5 Å². The summed E-state index contributed by atoms with van der Waals surface area (Å²) in [5, 5.41) is 14.6. The van der Waals surface area contributed by atoms with Gasteiger partial charge in [-0.3, -0.25) is 14.7 Å². The zero-order valence-electron chi connectivity index (χ0n) is 16.8. The highest BCUT2D eigenvalue weighted by molar-refractivity contribution is 7.98. The number of hydrogen-bond acceptors (Lipinski definition) is 8. The number of nitro benzene ring substituents is 1. The standard InChI is InChI=1S/C19H25N2O6PS/c1-5-26-28(24,27-6-2)19(14-7-10-16(29-4)11-8-14)20-17-12-9-15(25-3)13-18(17)21(22)23/h7-13,19-20H,5-6H2,1-4H3. The highest BCUT2D eigenvalue weighted by atomic mass is 32.2. The molecule has 1 unspecified atom stereocenters. The predicted octanol–water partition coefficient (Wildman–Crippen LogP) is 5.70. The van der Waals surface area contributed by atoms with Crippen LogP contribution in [0.4, 0.5) is 11.4 Å². The van der Waals surface area contributed by atoms with Crippen molar-refractivity contribution >= 4 is 30.7 Å². The molecule has 0 radical (unpaired) electrons. The van der Waals surface area contributed by atoms with Crippen LogP contribution in [0.3, 0.4) is 0 Å². The molecule has 158 valence electrons. The minimum absolute atomic E-state index is 0.170. The van der Waals surface area contributed by atoms with Gasteiger partial charge in [-0.15, -0.1) is 11.8 Å². The van der Waals surface area contributed by atoms with Gasteiger partial charge in [0, 0.05) is 4.90 Å². The Bertz CT molecular complexity index is 868. The Hall–Kier alpha value is -2.06. The van der Waals surface area contributed by atoms with Crippen molar-refractivity contribution in [2.45, 2.75) is 24.5 Å². The first-order valence-corrected chi connectivity index (χ1v) is 11.8. The third-order valence-electron chi connectivity index (χ3n) is 4.06. The van der Waals surface area contributed by atoms with Gasteiger partial charge in [0.1, 0.15) is 11.4 Å². The number of nitro groups is 1. The fraction of sp³-hybridized carbons (Fsp3) is 0.368. The maximum Gasteiger partial charge on any atom is 0.357 e. The van der Waals surface area contributed by atoms with Crippen molar-refractivity contribution in [2.75, 3.05) is 31.9 Å². The summed E-state index contributed by atoms with van der Waals surface area (Å²) >= 11 is 1.58. The summed E-state index contributed by atoms with van der Waals surface area (Å²) in [6.07, 6.45) is 1.96. The molecule has 0 aliphatic carbocycles. The first-order valence-electron chi connectivity index (χ1n) is 9.00. The maximum atomic E-state index is 13.6. The fourth-order valence-electron chi connectivity index (χ4n) is 2.74. The van der Waals surface area contributed by atoms with E-state index in [2.05, 4.69) is 5.32 Å². The third-order valence-corrected chi connectivity index (χ3v) is 7.10. The summed E-state index contributed by atoms with van der Waals surface area (Å²) in [4.78, 5) is 12.1. The van der Waals surface area contributed by atoms with Crippen molar-refractivity contribution < 1.29 is 23.3 Å². The van der Waals surface area contributed by atoms with Crippen molar-refractivity contribution in [2.24, 2.45) is 0 Å². The Labute approximate surface area is 174 Å². The average molecular weight is 440 g/mol. The summed E-state index contributed by atoms with van der Waals surface area (Å²) in [7, 11) is -2.25. The van der Waals surface area contributed by atoms with E-state index in [1.807, 2.05) is 30.5 Å². The second-order valence-corrected chi connectivity index (χ2v) is 8.83. The Balaban J connectivity index is 2.55. The molecule has 0 amide bonds. The molecule has 1 atom stereocenters. The van der Waals surface area contributed by atoms with E-state index in [0.717, 1.165) is 4.90 Å². The van der Waals surface area contributed by atoms with E-state index in [1.54, 1.807) is 31.7 Å². The highest BCUT2D eigenvalue weighted by Crippen LogP contribution is 2.61. The molecule has 1 N–H and O–H groups in total. The Morgan fingerprint density at radius 1 is 1.14 bits per heavy atom. The van der Waals surface area contributed by atoms with Gasteiger partial charge in [0.2, 0.25) is 0 Å². The van der Waals surface area contributed by atoms with Crippen molar-refractivity contribution in [3.63, 3.8) is 0 Å². The lowest BCUT2D eigenvalue weighted by Gasteiger charge is -2.28. The molecule has 0 aliphatic rings. The number of hydrogen-bond donors (Lipinski definition) is 1. The molecule has 10 heteroatoms. The van der Waals surface area contributed by atoms with Crippen LogP contribution in [0.15, 0.2) is 47.4 Å². The Morgan fingerprint density at radius 2 is 1.76 bits per heavy atom. The van der Waals surface area contributed by atoms with E-state index < -0.39 is 18.3 Å². The van der Waals surface area contributed by atoms with Crippen LogP contribution >= 0.6 is 19.4 Å². The van der Waals surface area contributed by atoms with Crippen LogP contribution in [0.25, 0.3) is 0 Å². The minimum Gasteiger partial charge on any atom is -0.496 e.